The summed E-state index contributed by atoms with van der Waals surface area (Å²) in [5, 5.41) is 8.97. The van der Waals surface area contributed by atoms with Gasteiger partial charge in [-0.2, -0.15) is 0 Å². The lowest BCUT2D eigenvalue weighted by Gasteiger charge is -2.20. The molecule has 0 rings (SSSR count). The molecule has 0 fully saturated rings. The first kappa shape index (κ1) is 15.9. The van der Waals surface area contributed by atoms with Crippen molar-refractivity contribution in [3.63, 3.8) is 0 Å². The first-order valence-electron chi connectivity index (χ1n) is 6.48. The van der Waals surface area contributed by atoms with Crippen LogP contribution in [0, 0.1) is 5.41 Å². The Labute approximate surface area is 104 Å². The molecule has 4 nitrogen and oxygen atoms in total. The summed E-state index contributed by atoms with van der Waals surface area (Å²) < 4.78 is 0. The molecular weight excluding hydrogens is 218 g/mol. The van der Waals surface area contributed by atoms with Gasteiger partial charge in [0.15, 0.2) is 0 Å². The summed E-state index contributed by atoms with van der Waals surface area (Å²) >= 11 is 0. The summed E-state index contributed by atoms with van der Waals surface area (Å²) in [5.74, 6) is -1.85. The molecule has 0 aromatic rings. The molecule has 0 aliphatic carbocycles. The third-order valence-corrected chi connectivity index (χ3v) is 3.30. The van der Waals surface area contributed by atoms with E-state index >= 15 is 0 Å². The number of carboxylic acid groups (broad SMARTS) is 1. The average molecular weight is 243 g/mol. The largest absolute Gasteiger partial charge is 0.480 e. The molecule has 17 heavy (non-hydrogen) atoms. The lowest BCUT2D eigenvalue weighted by molar-refractivity contribution is -0.154. The molecule has 0 saturated heterocycles. The average Bonchev–Trinajstić information content (AvgIpc) is 2.27. The molecule has 0 saturated carbocycles. The van der Waals surface area contributed by atoms with Crippen molar-refractivity contribution >= 4 is 11.9 Å². The summed E-state index contributed by atoms with van der Waals surface area (Å²) in [7, 11) is 0. The topological polar surface area (TPSA) is 80.4 Å². The molecule has 1 atom stereocenters. The number of primary amides is 1. The van der Waals surface area contributed by atoms with Gasteiger partial charge < -0.3 is 10.8 Å². The van der Waals surface area contributed by atoms with E-state index in [1.54, 1.807) is 0 Å². The number of carbonyl (C=O) groups excluding carboxylic acids is 1. The normalized spacial score (nSPS) is 14.2. The van der Waals surface area contributed by atoms with Gasteiger partial charge in [-0.05, 0) is 13.3 Å². The van der Waals surface area contributed by atoms with E-state index in [0.717, 1.165) is 19.3 Å². The standard InChI is InChI=1S/C13H25NO3/c1-3-4-5-6-7-8-9-10-13(2,11(14)15)12(16)17/h3-10H2,1-2H3,(H2,14,15)(H,16,17). The summed E-state index contributed by atoms with van der Waals surface area (Å²) in [4.78, 5) is 22.1. The Morgan fingerprint density at radius 2 is 1.53 bits per heavy atom. The lowest BCUT2D eigenvalue weighted by atomic mass is 9.84. The van der Waals surface area contributed by atoms with Crippen molar-refractivity contribution in [1.82, 2.24) is 0 Å². The number of hydrogen-bond donors (Lipinski definition) is 2. The molecule has 1 unspecified atom stereocenters. The van der Waals surface area contributed by atoms with Crippen molar-refractivity contribution in [3.8, 4) is 0 Å². The van der Waals surface area contributed by atoms with E-state index in [2.05, 4.69) is 6.92 Å². The predicted molar refractivity (Wildman–Crippen MR) is 67.5 cm³/mol. The number of carboxylic acids is 1. The van der Waals surface area contributed by atoms with E-state index < -0.39 is 17.3 Å². The quantitative estimate of drug-likeness (QED) is 0.457. The van der Waals surface area contributed by atoms with Crippen LogP contribution >= 0.6 is 0 Å². The van der Waals surface area contributed by atoms with Crippen LogP contribution in [-0.2, 0) is 9.59 Å². The summed E-state index contributed by atoms with van der Waals surface area (Å²) in [6.07, 6.45) is 8.07. The maximum Gasteiger partial charge on any atom is 0.318 e. The Morgan fingerprint density at radius 3 is 1.94 bits per heavy atom. The van der Waals surface area contributed by atoms with Gasteiger partial charge in [-0.25, -0.2) is 0 Å². The fourth-order valence-corrected chi connectivity index (χ4v) is 1.77. The molecular formula is C13H25NO3. The first-order chi connectivity index (χ1) is 7.95. The number of hydrogen-bond acceptors (Lipinski definition) is 2. The molecule has 0 radical (unpaired) electrons. The third-order valence-electron chi connectivity index (χ3n) is 3.30. The van der Waals surface area contributed by atoms with E-state index in [1.807, 2.05) is 0 Å². The summed E-state index contributed by atoms with van der Waals surface area (Å²) in [6.45, 7) is 3.58. The van der Waals surface area contributed by atoms with Gasteiger partial charge >= 0.3 is 5.97 Å². The van der Waals surface area contributed by atoms with Crippen molar-refractivity contribution in [2.45, 2.75) is 65.2 Å². The second-order valence-corrected chi connectivity index (χ2v) is 4.87. The highest BCUT2D eigenvalue weighted by Crippen LogP contribution is 2.24. The second-order valence-electron chi connectivity index (χ2n) is 4.87. The number of amides is 1. The fourth-order valence-electron chi connectivity index (χ4n) is 1.77. The molecule has 0 bridgehead atoms. The number of unbranched alkanes of at least 4 members (excludes halogenated alkanes) is 6. The third kappa shape index (κ3) is 5.71. The Morgan fingerprint density at radius 1 is 1.06 bits per heavy atom. The highest BCUT2D eigenvalue weighted by Gasteiger charge is 2.38. The van der Waals surface area contributed by atoms with Crippen LogP contribution in [0.1, 0.15) is 65.2 Å². The van der Waals surface area contributed by atoms with Crippen molar-refractivity contribution in [3.05, 3.63) is 0 Å². The molecule has 1 amide bonds. The van der Waals surface area contributed by atoms with Crippen molar-refractivity contribution in [1.29, 1.82) is 0 Å². The predicted octanol–water partition coefficient (Wildman–Crippen LogP) is 2.70. The van der Waals surface area contributed by atoms with Crippen LogP contribution in [-0.4, -0.2) is 17.0 Å². The van der Waals surface area contributed by atoms with E-state index in [4.69, 9.17) is 10.8 Å². The van der Waals surface area contributed by atoms with Crippen LogP contribution in [0.15, 0.2) is 0 Å². The smallest absolute Gasteiger partial charge is 0.318 e. The van der Waals surface area contributed by atoms with Crippen LogP contribution in [0.2, 0.25) is 0 Å². The zero-order valence-electron chi connectivity index (χ0n) is 11.0. The molecule has 4 heteroatoms. The van der Waals surface area contributed by atoms with Crippen LogP contribution < -0.4 is 5.73 Å². The van der Waals surface area contributed by atoms with Gasteiger partial charge in [0, 0.05) is 0 Å². The van der Waals surface area contributed by atoms with Gasteiger partial charge in [0.25, 0.3) is 0 Å². The van der Waals surface area contributed by atoms with Crippen LogP contribution in [0.25, 0.3) is 0 Å². The fraction of sp³-hybridized carbons (Fsp3) is 0.846. The van der Waals surface area contributed by atoms with E-state index in [-0.39, 0.29) is 0 Å². The molecule has 0 spiro atoms. The molecule has 3 N–H and O–H groups in total. The van der Waals surface area contributed by atoms with Gasteiger partial charge in [-0.3, -0.25) is 9.59 Å². The van der Waals surface area contributed by atoms with Gasteiger partial charge in [-0.15, -0.1) is 0 Å². The van der Waals surface area contributed by atoms with Crippen LogP contribution in [0.5, 0.6) is 0 Å². The molecule has 100 valence electrons. The van der Waals surface area contributed by atoms with Gasteiger partial charge in [0.05, 0.1) is 0 Å². The second kappa shape index (κ2) is 8.09. The Hall–Kier alpha value is -1.06. The Kier molecular flexibility index (Phi) is 7.59. The van der Waals surface area contributed by atoms with Crippen LogP contribution in [0.3, 0.4) is 0 Å². The maximum atomic E-state index is 11.1. The van der Waals surface area contributed by atoms with Crippen LogP contribution in [0.4, 0.5) is 0 Å². The van der Waals surface area contributed by atoms with Crippen molar-refractivity contribution in [2.24, 2.45) is 11.1 Å². The minimum atomic E-state index is -1.40. The first-order valence-corrected chi connectivity index (χ1v) is 6.48. The van der Waals surface area contributed by atoms with E-state index in [9.17, 15) is 9.59 Å². The number of aliphatic carboxylic acids is 1. The number of nitrogens with two attached hydrogens (primary N) is 1. The zero-order chi connectivity index (χ0) is 13.3. The molecule has 0 aromatic heterocycles. The molecule has 0 aromatic carbocycles. The monoisotopic (exact) mass is 243 g/mol. The minimum Gasteiger partial charge on any atom is -0.480 e. The minimum absolute atomic E-state index is 0.339. The SMILES string of the molecule is CCCCCCCCCC(C)(C(N)=O)C(=O)O. The molecule has 0 aliphatic rings. The summed E-state index contributed by atoms with van der Waals surface area (Å²) in [5.41, 5.74) is 3.73. The van der Waals surface area contributed by atoms with Crippen molar-refractivity contribution in [2.75, 3.05) is 0 Å². The van der Waals surface area contributed by atoms with Gasteiger partial charge in [-0.1, -0.05) is 51.9 Å². The number of carbonyl (C=O) groups is 2. The molecule has 0 heterocycles. The summed E-state index contributed by atoms with van der Waals surface area (Å²) in [6, 6.07) is 0. The maximum absolute atomic E-state index is 11.1. The van der Waals surface area contributed by atoms with E-state index in [1.165, 1.54) is 32.6 Å². The number of rotatable bonds is 10. The Bertz CT molecular complexity index is 237. The molecule has 0 aliphatic heterocycles. The highest BCUT2D eigenvalue weighted by atomic mass is 16.4. The zero-order valence-corrected chi connectivity index (χ0v) is 11.0. The van der Waals surface area contributed by atoms with E-state index in [0.29, 0.717) is 6.42 Å². The highest BCUT2D eigenvalue weighted by molar-refractivity contribution is 6.00. The van der Waals surface area contributed by atoms with Crippen molar-refractivity contribution < 1.29 is 14.7 Å². The lowest BCUT2D eigenvalue weighted by Crippen LogP contribution is -2.41. The van der Waals surface area contributed by atoms with Gasteiger partial charge in [0.1, 0.15) is 5.41 Å². The van der Waals surface area contributed by atoms with Gasteiger partial charge in [0.2, 0.25) is 5.91 Å². The Balaban J connectivity index is 3.78.